The summed E-state index contributed by atoms with van der Waals surface area (Å²) in [6.07, 6.45) is 0.395. The zero-order valence-corrected chi connectivity index (χ0v) is 12.0. The highest BCUT2D eigenvalue weighted by atomic mass is 32.1. The maximum absolute atomic E-state index is 8.78. The van der Waals surface area contributed by atoms with Crippen LogP contribution in [0.25, 0.3) is 10.6 Å². The molecule has 0 aliphatic heterocycles. The first kappa shape index (κ1) is 12.8. The average Bonchev–Trinajstić information content (AvgIpc) is 2.59. The molecule has 2 rings (SSSR count). The highest BCUT2D eigenvalue weighted by Gasteiger charge is 2.13. The van der Waals surface area contributed by atoms with Crippen LogP contribution in [-0.4, -0.2) is 4.98 Å². The zero-order chi connectivity index (χ0) is 13.3. The van der Waals surface area contributed by atoms with Gasteiger partial charge in [-0.1, -0.05) is 17.7 Å². The highest BCUT2D eigenvalue weighted by Crippen LogP contribution is 2.33. The van der Waals surface area contributed by atoms with Gasteiger partial charge in [0.05, 0.1) is 18.2 Å². The fraction of sp³-hybridized carbons (Fsp3) is 0.333. The predicted molar refractivity (Wildman–Crippen MR) is 75.8 cm³/mol. The molecule has 1 aromatic carbocycles. The Morgan fingerprint density at radius 2 is 1.78 bits per heavy atom. The first-order valence-electron chi connectivity index (χ1n) is 5.94. The number of thiazole rings is 1. The van der Waals surface area contributed by atoms with Crippen molar-refractivity contribution in [2.45, 2.75) is 34.1 Å². The Labute approximate surface area is 112 Å². The van der Waals surface area contributed by atoms with Gasteiger partial charge in [-0.25, -0.2) is 4.98 Å². The largest absolute Gasteiger partial charge is 0.240 e. The Kier molecular flexibility index (Phi) is 3.49. The lowest BCUT2D eigenvalue weighted by Crippen LogP contribution is -1.90. The minimum atomic E-state index is 0.395. The van der Waals surface area contributed by atoms with E-state index in [4.69, 9.17) is 5.26 Å². The van der Waals surface area contributed by atoms with Gasteiger partial charge in [-0.2, -0.15) is 5.26 Å². The summed E-state index contributed by atoms with van der Waals surface area (Å²) in [4.78, 5) is 5.76. The Balaban J connectivity index is 2.56. The number of benzene rings is 1. The molecule has 1 aromatic heterocycles. The molecular weight excluding hydrogens is 240 g/mol. The number of hydrogen-bond donors (Lipinski definition) is 0. The van der Waals surface area contributed by atoms with E-state index < -0.39 is 0 Å². The summed E-state index contributed by atoms with van der Waals surface area (Å²) in [5, 5.41) is 9.82. The fourth-order valence-electron chi connectivity index (χ4n) is 2.29. The molecule has 0 saturated heterocycles. The van der Waals surface area contributed by atoms with E-state index in [9.17, 15) is 0 Å². The standard InChI is InChI=1S/C15H16N2S/c1-9-7-10(2)14(11(3)8-9)15-17-13(5-6-16)12(4)18-15/h7-8H,5H2,1-4H3. The lowest BCUT2D eigenvalue weighted by atomic mass is 10.0. The second kappa shape index (κ2) is 4.91. The van der Waals surface area contributed by atoms with Gasteiger partial charge in [0.15, 0.2) is 0 Å². The number of nitriles is 1. The van der Waals surface area contributed by atoms with Gasteiger partial charge in [-0.3, -0.25) is 0 Å². The van der Waals surface area contributed by atoms with Crippen molar-refractivity contribution < 1.29 is 0 Å². The summed E-state index contributed by atoms with van der Waals surface area (Å²) in [5.41, 5.74) is 5.92. The van der Waals surface area contributed by atoms with Gasteiger partial charge in [-0.15, -0.1) is 11.3 Å². The molecule has 92 valence electrons. The van der Waals surface area contributed by atoms with Gasteiger partial charge in [0.25, 0.3) is 0 Å². The molecular formula is C15H16N2S. The van der Waals surface area contributed by atoms with E-state index in [2.05, 4.69) is 44.0 Å². The lowest BCUT2D eigenvalue weighted by Gasteiger charge is -2.08. The van der Waals surface area contributed by atoms with Gasteiger partial charge in [0, 0.05) is 10.4 Å². The van der Waals surface area contributed by atoms with Crippen molar-refractivity contribution in [1.29, 1.82) is 5.26 Å². The molecule has 2 nitrogen and oxygen atoms in total. The van der Waals surface area contributed by atoms with Crippen LogP contribution in [0.4, 0.5) is 0 Å². The molecule has 3 heteroatoms. The quantitative estimate of drug-likeness (QED) is 0.810. The van der Waals surface area contributed by atoms with E-state index in [0.717, 1.165) is 15.6 Å². The molecule has 0 unspecified atom stereocenters. The van der Waals surface area contributed by atoms with Crippen LogP contribution in [0.3, 0.4) is 0 Å². The second-order valence-corrected chi connectivity index (χ2v) is 5.83. The van der Waals surface area contributed by atoms with Gasteiger partial charge in [0.1, 0.15) is 5.01 Å². The maximum atomic E-state index is 8.78. The third kappa shape index (κ3) is 2.30. The van der Waals surface area contributed by atoms with Crippen LogP contribution < -0.4 is 0 Å². The van der Waals surface area contributed by atoms with E-state index in [0.29, 0.717) is 6.42 Å². The SMILES string of the molecule is Cc1cc(C)c(-c2nc(CC#N)c(C)s2)c(C)c1. The molecule has 2 aromatic rings. The van der Waals surface area contributed by atoms with E-state index in [1.54, 1.807) is 11.3 Å². The summed E-state index contributed by atoms with van der Waals surface area (Å²) in [6.45, 7) is 8.39. The predicted octanol–water partition coefficient (Wildman–Crippen LogP) is 4.11. The topological polar surface area (TPSA) is 36.7 Å². The Bertz CT molecular complexity index is 609. The second-order valence-electron chi connectivity index (χ2n) is 4.63. The smallest absolute Gasteiger partial charge is 0.124 e. The van der Waals surface area contributed by atoms with Crippen LogP contribution in [-0.2, 0) is 6.42 Å². The van der Waals surface area contributed by atoms with E-state index in [1.807, 2.05) is 6.92 Å². The van der Waals surface area contributed by atoms with Crippen LogP contribution in [0, 0.1) is 39.0 Å². The maximum Gasteiger partial charge on any atom is 0.124 e. The molecule has 0 aliphatic rings. The molecule has 0 aliphatic carbocycles. The molecule has 0 bridgehead atoms. The monoisotopic (exact) mass is 256 g/mol. The summed E-state index contributed by atoms with van der Waals surface area (Å²) < 4.78 is 0. The minimum Gasteiger partial charge on any atom is -0.240 e. The van der Waals surface area contributed by atoms with E-state index >= 15 is 0 Å². The fourth-order valence-corrected chi connectivity index (χ4v) is 3.40. The molecule has 18 heavy (non-hydrogen) atoms. The highest BCUT2D eigenvalue weighted by molar-refractivity contribution is 7.15. The Hall–Kier alpha value is -1.66. The summed E-state index contributed by atoms with van der Waals surface area (Å²) in [5.74, 6) is 0. The number of aryl methyl sites for hydroxylation is 4. The average molecular weight is 256 g/mol. The van der Waals surface area contributed by atoms with Crippen molar-refractivity contribution in [3.05, 3.63) is 39.4 Å². The molecule has 0 fully saturated rings. The van der Waals surface area contributed by atoms with Crippen molar-refractivity contribution in [2.24, 2.45) is 0 Å². The molecule has 0 atom stereocenters. The Morgan fingerprint density at radius 1 is 1.17 bits per heavy atom. The van der Waals surface area contributed by atoms with Crippen LogP contribution in [0.15, 0.2) is 12.1 Å². The van der Waals surface area contributed by atoms with Gasteiger partial charge in [0.2, 0.25) is 0 Å². The molecule has 0 spiro atoms. The number of rotatable bonds is 2. The van der Waals surface area contributed by atoms with Crippen LogP contribution in [0.5, 0.6) is 0 Å². The Morgan fingerprint density at radius 3 is 2.33 bits per heavy atom. The zero-order valence-electron chi connectivity index (χ0n) is 11.2. The van der Waals surface area contributed by atoms with Gasteiger partial charge in [-0.05, 0) is 38.8 Å². The van der Waals surface area contributed by atoms with E-state index in [-0.39, 0.29) is 0 Å². The first-order chi connectivity index (χ1) is 8.52. The lowest BCUT2D eigenvalue weighted by molar-refractivity contribution is 1.13. The molecule has 0 N–H and O–H groups in total. The first-order valence-corrected chi connectivity index (χ1v) is 6.76. The van der Waals surface area contributed by atoms with E-state index in [1.165, 1.54) is 22.3 Å². The van der Waals surface area contributed by atoms with Crippen molar-refractivity contribution in [3.63, 3.8) is 0 Å². The number of hydrogen-bond acceptors (Lipinski definition) is 3. The number of nitrogens with zero attached hydrogens (tertiary/aromatic N) is 2. The summed E-state index contributed by atoms with van der Waals surface area (Å²) >= 11 is 1.68. The molecule has 0 radical (unpaired) electrons. The van der Waals surface area contributed by atoms with Crippen LogP contribution in [0.2, 0.25) is 0 Å². The van der Waals surface area contributed by atoms with Gasteiger partial charge < -0.3 is 0 Å². The van der Waals surface area contributed by atoms with Crippen molar-refractivity contribution >= 4 is 11.3 Å². The van der Waals surface area contributed by atoms with Crippen LogP contribution in [0.1, 0.15) is 27.3 Å². The minimum absolute atomic E-state index is 0.395. The third-order valence-corrected chi connectivity index (χ3v) is 4.06. The van der Waals surface area contributed by atoms with Crippen molar-refractivity contribution in [2.75, 3.05) is 0 Å². The normalized spacial score (nSPS) is 10.4. The van der Waals surface area contributed by atoms with Crippen molar-refractivity contribution in [3.8, 4) is 16.6 Å². The summed E-state index contributed by atoms with van der Waals surface area (Å²) in [6, 6.07) is 6.54. The number of aromatic nitrogens is 1. The molecule has 0 amide bonds. The van der Waals surface area contributed by atoms with Crippen LogP contribution >= 0.6 is 11.3 Å². The summed E-state index contributed by atoms with van der Waals surface area (Å²) in [7, 11) is 0. The van der Waals surface area contributed by atoms with Crippen molar-refractivity contribution in [1.82, 2.24) is 4.98 Å². The molecule has 0 saturated carbocycles. The molecule has 1 heterocycles. The van der Waals surface area contributed by atoms with Gasteiger partial charge >= 0.3 is 0 Å². The third-order valence-electron chi connectivity index (χ3n) is 3.03.